The number of ether oxygens (including phenoxy) is 1. The summed E-state index contributed by atoms with van der Waals surface area (Å²) in [6, 6.07) is 19.9. The van der Waals surface area contributed by atoms with Gasteiger partial charge in [0.2, 0.25) is 17.5 Å². The van der Waals surface area contributed by atoms with Crippen LogP contribution in [0.5, 0.6) is 5.75 Å². The van der Waals surface area contributed by atoms with E-state index in [-0.39, 0.29) is 12.3 Å². The molecular weight excluding hydrogens is 314 g/mol. The van der Waals surface area contributed by atoms with E-state index >= 15 is 0 Å². The lowest BCUT2D eigenvalue weighted by Crippen LogP contribution is -2.05. The van der Waals surface area contributed by atoms with E-state index in [1.54, 1.807) is 0 Å². The number of aromatic nitrogens is 1. The molecule has 0 unspecified atom stereocenters. The quantitative estimate of drug-likeness (QED) is 0.705. The first-order valence-corrected chi connectivity index (χ1v) is 8.11. The van der Waals surface area contributed by atoms with Crippen LogP contribution in [0.1, 0.15) is 22.7 Å². The molecule has 1 heterocycles. The van der Waals surface area contributed by atoms with Crippen molar-refractivity contribution in [3.63, 3.8) is 0 Å². The molecule has 1 aromatic heterocycles. The number of nitrogens with one attached hydrogen (secondary N) is 1. The van der Waals surface area contributed by atoms with Crippen molar-refractivity contribution in [1.82, 2.24) is 4.98 Å². The molecule has 25 heavy (non-hydrogen) atoms. The molecule has 0 amide bonds. The Balaban J connectivity index is 1.58. The molecule has 5 nitrogen and oxygen atoms in total. The summed E-state index contributed by atoms with van der Waals surface area (Å²) in [6.07, 6.45) is 0.835. The van der Waals surface area contributed by atoms with Gasteiger partial charge in [0.25, 0.3) is 0 Å². The molecule has 0 bridgehead atoms. The molecule has 0 spiro atoms. The Labute approximate surface area is 146 Å². The molecule has 0 aliphatic carbocycles. The summed E-state index contributed by atoms with van der Waals surface area (Å²) in [7, 11) is 0. The maximum Gasteiger partial charge on any atom is 0.236 e. The summed E-state index contributed by atoms with van der Waals surface area (Å²) >= 11 is 0. The third kappa shape index (κ3) is 4.61. The zero-order chi connectivity index (χ0) is 17.5. The first-order valence-electron chi connectivity index (χ1n) is 8.11. The number of rotatable bonds is 7. The van der Waals surface area contributed by atoms with Gasteiger partial charge >= 0.3 is 0 Å². The summed E-state index contributed by atoms with van der Waals surface area (Å²) in [5.41, 5.74) is 2.58. The number of anilines is 1. The highest BCUT2D eigenvalue weighted by Gasteiger charge is 2.13. The van der Waals surface area contributed by atoms with E-state index < -0.39 is 0 Å². The minimum atomic E-state index is 0.179. The number of nitriles is 1. The lowest BCUT2D eigenvalue weighted by atomic mass is 10.1. The van der Waals surface area contributed by atoms with E-state index in [4.69, 9.17) is 9.15 Å². The van der Waals surface area contributed by atoms with Gasteiger partial charge in [0, 0.05) is 6.54 Å². The monoisotopic (exact) mass is 333 g/mol. The van der Waals surface area contributed by atoms with Gasteiger partial charge in [0.15, 0.2) is 6.61 Å². The van der Waals surface area contributed by atoms with Gasteiger partial charge in [0.05, 0.1) is 0 Å². The third-order valence-electron chi connectivity index (χ3n) is 3.67. The van der Waals surface area contributed by atoms with Crippen molar-refractivity contribution in [3.05, 3.63) is 77.3 Å². The van der Waals surface area contributed by atoms with E-state index in [1.807, 2.05) is 55.5 Å². The SMILES string of the molecule is Cc1cccc(OCc2nc(C#N)c(NCCc3ccccc3)o2)c1. The van der Waals surface area contributed by atoms with Crippen LogP contribution in [0.2, 0.25) is 0 Å². The van der Waals surface area contributed by atoms with Crippen LogP contribution in [0.15, 0.2) is 59.0 Å². The van der Waals surface area contributed by atoms with E-state index in [0.717, 1.165) is 17.7 Å². The normalized spacial score (nSPS) is 10.2. The second-order valence-electron chi connectivity index (χ2n) is 5.66. The van der Waals surface area contributed by atoms with Gasteiger partial charge in [-0.05, 0) is 36.6 Å². The number of nitrogens with zero attached hydrogens (tertiary/aromatic N) is 2. The van der Waals surface area contributed by atoms with Crippen LogP contribution < -0.4 is 10.1 Å². The molecule has 0 fully saturated rings. The predicted octanol–water partition coefficient (Wildman–Crippen LogP) is 4.09. The Hall–Kier alpha value is -3.26. The van der Waals surface area contributed by atoms with E-state index in [9.17, 15) is 5.26 Å². The average molecular weight is 333 g/mol. The largest absolute Gasteiger partial charge is 0.484 e. The van der Waals surface area contributed by atoms with Crippen molar-refractivity contribution in [2.24, 2.45) is 0 Å². The molecule has 126 valence electrons. The fourth-order valence-electron chi connectivity index (χ4n) is 2.44. The number of benzene rings is 2. The Morgan fingerprint density at radius 1 is 1.16 bits per heavy atom. The van der Waals surface area contributed by atoms with Gasteiger partial charge in [-0.25, -0.2) is 0 Å². The van der Waals surface area contributed by atoms with Crippen LogP contribution >= 0.6 is 0 Å². The highest BCUT2D eigenvalue weighted by atomic mass is 16.5. The van der Waals surface area contributed by atoms with Crippen LogP contribution in [0, 0.1) is 18.3 Å². The van der Waals surface area contributed by atoms with Gasteiger partial charge in [-0.1, -0.05) is 42.5 Å². The van der Waals surface area contributed by atoms with Gasteiger partial charge in [-0.3, -0.25) is 0 Å². The highest BCUT2D eigenvalue weighted by Crippen LogP contribution is 2.19. The molecular formula is C20H19N3O2. The van der Waals surface area contributed by atoms with Crippen molar-refractivity contribution < 1.29 is 9.15 Å². The van der Waals surface area contributed by atoms with Crippen LogP contribution in [-0.2, 0) is 13.0 Å². The molecule has 3 rings (SSSR count). The first kappa shape index (κ1) is 16.6. The molecule has 0 saturated carbocycles. The topological polar surface area (TPSA) is 71.1 Å². The molecule has 5 heteroatoms. The Morgan fingerprint density at radius 3 is 2.76 bits per heavy atom. The molecule has 0 radical (unpaired) electrons. The standard InChI is InChI=1S/C20H19N3O2/c1-15-6-5-9-17(12-15)24-14-19-23-18(13-21)20(25-19)22-11-10-16-7-3-2-4-8-16/h2-9,12,22H,10-11,14H2,1H3. The number of hydrogen-bond donors (Lipinski definition) is 1. The first-order chi connectivity index (χ1) is 12.2. The molecule has 1 N–H and O–H groups in total. The third-order valence-corrected chi connectivity index (χ3v) is 3.67. The summed E-state index contributed by atoms with van der Waals surface area (Å²) in [5.74, 6) is 1.51. The fraction of sp³-hybridized carbons (Fsp3) is 0.200. The summed E-state index contributed by atoms with van der Waals surface area (Å²) in [5, 5.41) is 12.3. The van der Waals surface area contributed by atoms with E-state index in [1.165, 1.54) is 5.56 Å². The Bertz CT molecular complexity index is 866. The summed E-state index contributed by atoms with van der Waals surface area (Å²) in [6.45, 7) is 2.84. The summed E-state index contributed by atoms with van der Waals surface area (Å²) in [4.78, 5) is 4.18. The van der Waals surface area contributed by atoms with E-state index in [0.29, 0.717) is 18.3 Å². The zero-order valence-electron chi connectivity index (χ0n) is 14.0. The molecule has 2 aromatic carbocycles. The minimum absolute atomic E-state index is 0.179. The molecule has 0 saturated heterocycles. The molecule has 0 atom stereocenters. The van der Waals surface area contributed by atoms with Gasteiger partial charge in [0.1, 0.15) is 11.8 Å². The lowest BCUT2D eigenvalue weighted by molar-refractivity contribution is 0.264. The fourth-order valence-corrected chi connectivity index (χ4v) is 2.44. The molecule has 0 aliphatic rings. The van der Waals surface area contributed by atoms with Crippen molar-refractivity contribution >= 4 is 5.88 Å². The number of oxazole rings is 1. The number of aryl methyl sites for hydroxylation is 1. The van der Waals surface area contributed by atoms with Crippen LogP contribution in [0.3, 0.4) is 0 Å². The summed E-state index contributed by atoms with van der Waals surface area (Å²) < 4.78 is 11.3. The predicted molar refractivity (Wildman–Crippen MR) is 95.4 cm³/mol. The maximum atomic E-state index is 9.22. The van der Waals surface area contributed by atoms with Crippen molar-refractivity contribution in [2.75, 3.05) is 11.9 Å². The maximum absolute atomic E-state index is 9.22. The zero-order valence-corrected chi connectivity index (χ0v) is 14.0. The molecule has 3 aromatic rings. The van der Waals surface area contributed by atoms with E-state index in [2.05, 4.69) is 22.4 Å². The number of hydrogen-bond acceptors (Lipinski definition) is 5. The van der Waals surface area contributed by atoms with Crippen molar-refractivity contribution in [3.8, 4) is 11.8 Å². The average Bonchev–Trinajstić information content (AvgIpc) is 3.03. The second-order valence-corrected chi connectivity index (χ2v) is 5.66. The smallest absolute Gasteiger partial charge is 0.236 e. The van der Waals surface area contributed by atoms with Crippen LogP contribution in [0.25, 0.3) is 0 Å². The van der Waals surface area contributed by atoms with Crippen molar-refractivity contribution in [1.29, 1.82) is 5.26 Å². The van der Waals surface area contributed by atoms with Crippen molar-refractivity contribution in [2.45, 2.75) is 20.0 Å². The lowest BCUT2D eigenvalue weighted by Gasteiger charge is -2.04. The Kier molecular flexibility index (Phi) is 5.32. The Morgan fingerprint density at radius 2 is 2.00 bits per heavy atom. The second kappa shape index (κ2) is 8.02. The highest BCUT2D eigenvalue weighted by molar-refractivity contribution is 5.45. The van der Waals surface area contributed by atoms with Gasteiger partial charge in [-0.2, -0.15) is 10.2 Å². The van der Waals surface area contributed by atoms with Gasteiger partial charge in [-0.15, -0.1) is 0 Å². The minimum Gasteiger partial charge on any atom is -0.484 e. The molecule has 0 aliphatic heterocycles. The van der Waals surface area contributed by atoms with Crippen LogP contribution in [0.4, 0.5) is 5.88 Å². The van der Waals surface area contributed by atoms with Crippen LogP contribution in [-0.4, -0.2) is 11.5 Å². The van der Waals surface area contributed by atoms with Gasteiger partial charge < -0.3 is 14.5 Å².